The van der Waals surface area contributed by atoms with Crippen LogP contribution < -0.4 is 10.1 Å². The summed E-state index contributed by atoms with van der Waals surface area (Å²) < 4.78 is 7.97. The van der Waals surface area contributed by atoms with Crippen molar-refractivity contribution in [2.75, 3.05) is 39.8 Å². The van der Waals surface area contributed by atoms with Crippen LogP contribution in [0.2, 0.25) is 0 Å². The Kier molecular flexibility index (Phi) is 7.19. The monoisotopic (exact) mass is 426 g/mol. The van der Waals surface area contributed by atoms with Gasteiger partial charge in [0, 0.05) is 44.7 Å². The Hall–Kier alpha value is -2.45. The van der Waals surface area contributed by atoms with Crippen LogP contribution in [0.5, 0.6) is 5.75 Å². The molecule has 0 aliphatic carbocycles. The normalized spacial score (nSPS) is 20.1. The summed E-state index contributed by atoms with van der Waals surface area (Å²) in [5.74, 6) is 3.02. The SMILES string of the molecule is CCOc1ccccc1CN1CCc2nnc(CNC(=O)[C@H]3CCCN(C)C3)n2CC1. The fourth-order valence-electron chi connectivity index (χ4n) is 4.58. The lowest BCUT2D eigenvalue weighted by Gasteiger charge is -2.28. The minimum absolute atomic E-state index is 0.0752. The van der Waals surface area contributed by atoms with Crippen LogP contribution in [0.3, 0.4) is 0 Å². The predicted molar refractivity (Wildman–Crippen MR) is 119 cm³/mol. The Morgan fingerprint density at radius 3 is 2.90 bits per heavy atom. The van der Waals surface area contributed by atoms with Crippen LogP contribution in [-0.2, 0) is 30.8 Å². The lowest BCUT2D eigenvalue weighted by atomic mass is 9.98. The van der Waals surface area contributed by atoms with Crippen molar-refractivity contribution in [3.05, 3.63) is 41.5 Å². The van der Waals surface area contributed by atoms with E-state index in [0.29, 0.717) is 13.2 Å². The summed E-state index contributed by atoms with van der Waals surface area (Å²) in [6, 6.07) is 8.26. The molecule has 4 rings (SSSR count). The van der Waals surface area contributed by atoms with E-state index in [0.717, 1.165) is 75.9 Å². The molecule has 1 atom stereocenters. The summed E-state index contributed by atoms with van der Waals surface area (Å²) in [5.41, 5.74) is 1.21. The second-order valence-corrected chi connectivity index (χ2v) is 8.57. The number of carbonyl (C=O) groups is 1. The Morgan fingerprint density at radius 1 is 1.19 bits per heavy atom. The second kappa shape index (κ2) is 10.2. The predicted octanol–water partition coefficient (Wildman–Crippen LogP) is 1.69. The zero-order chi connectivity index (χ0) is 21.6. The number of aromatic nitrogens is 3. The number of amides is 1. The number of nitrogens with zero attached hydrogens (tertiary/aromatic N) is 5. The molecule has 8 heteroatoms. The van der Waals surface area contributed by atoms with Crippen molar-refractivity contribution in [2.24, 2.45) is 5.92 Å². The van der Waals surface area contributed by atoms with Crippen LogP contribution in [0.15, 0.2) is 24.3 Å². The number of hydrogen-bond donors (Lipinski definition) is 1. The number of rotatable bonds is 7. The van der Waals surface area contributed by atoms with Crippen LogP contribution in [0.4, 0.5) is 0 Å². The molecule has 0 bridgehead atoms. The van der Waals surface area contributed by atoms with Gasteiger partial charge in [-0.15, -0.1) is 10.2 Å². The molecule has 0 radical (unpaired) electrons. The Balaban J connectivity index is 1.34. The Morgan fingerprint density at radius 2 is 2.06 bits per heavy atom. The molecule has 0 unspecified atom stereocenters. The average Bonchev–Trinajstić information content (AvgIpc) is 3.05. The first-order valence-electron chi connectivity index (χ1n) is 11.4. The highest BCUT2D eigenvalue weighted by Gasteiger charge is 2.25. The van der Waals surface area contributed by atoms with Crippen LogP contribution in [0.1, 0.15) is 37.0 Å². The van der Waals surface area contributed by atoms with Crippen LogP contribution in [0, 0.1) is 5.92 Å². The van der Waals surface area contributed by atoms with Gasteiger partial charge in [-0.3, -0.25) is 9.69 Å². The van der Waals surface area contributed by atoms with E-state index in [2.05, 4.69) is 49.1 Å². The molecule has 3 heterocycles. The van der Waals surface area contributed by atoms with Gasteiger partial charge in [-0.05, 0) is 39.4 Å². The first kappa shape index (κ1) is 21.8. The standard InChI is InChI=1S/C23H34N6O2/c1-3-31-20-9-5-4-7-18(20)17-28-12-10-21-25-26-22(29(21)14-13-28)15-24-23(30)19-8-6-11-27(2)16-19/h4-5,7,9,19H,3,6,8,10-17H2,1-2H3,(H,24,30)/t19-/m0/s1. The van der Waals surface area contributed by atoms with Crippen molar-refractivity contribution in [2.45, 2.75) is 45.8 Å². The van der Waals surface area contributed by atoms with E-state index in [1.165, 1.54) is 5.56 Å². The number of nitrogens with one attached hydrogen (secondary N) is 1. The third kappa shape index (κ3) is 5.43. The molecule has 2 aromatic rings. The molecule has 1 aromatic heterocycles. The van der Waals surface area contributed by atoms with Gasteiger partial charge in [0.1, 0.15) is 11.6 Å². The Bertz CT molecular complexity index is 883. The van der Waals surface area contributed by atoms with Crippen LogP contribution in [-0.4, -0.2) is 70.3 Å². The molecule has 1 amide bonds. The van der Waals surface area contributed by atoms with E-state index in [1.807, 2.05) is 19.1 Å². The average molecular weight is 427 g/mol. The fourth-order valence-corrected chi connectivity index (χ4v) is 4.58. The summed E-state index contributed by atoms with van der Waals surface area (Å²) in [7, 11) is 2.08. The molecule has 1 N–H and O–H groups in total. The van der Waals surface area contributed by atoms with Gasteiger partial charge in [0.05, 0.1) is 19.1 Å². The molecule has 1 aromatic carbocycles. The molecule has 2 aliphatic rings. The van der Waals surface area contributed by atoms with Gasteiger partial charge in [0.25, 0.3) is 0 Å². The number of fused-ring (bicyclic) bond motifs is 1. The van der Waals surface area contributed by atoms with E-state index >= 15 is 0 Å². The lowest BCUT2D eigenvalue weighted by molar-refractivity contribution is -0.126. The number of ether oxygens (including phenoxy) is 1. The first-order chi connectivity index (χ1) is 15.1. The van der Waals surface area contributed by atoms with Crippen molar-refractivity contribution in [1.29, 1.82) is 0 Å². The van der Waals surface area contributed by atoms with Crippen molar-refractivity contribution in [3.8, 4) is 5.75 Å². The van der Waals surface area contributed by atoms with Gasteiger partial charge >= 0.3 is 0 Å². The fraction of sp³-hybridized carbons (Fsp3) is 0.609. The maximum Gasteiger partial charge on any atom is 0.224 e. The molecule has 1 fully saturated rings. The largest absolute Gasteiger partial charge is 0.494 e. The zero-order valence-corrected chi connectivity index (χ0v) is 18.7. The minimum atomic E-state index is 0.0752. The summed E-state index contributed by atoms with van der Waals surface area (Å²) in [6.45, 7) is 8.57. The van der Waals surface area contributed by atoms with Gasteiger partial charge in [-0.25, -0.2) is 0 Å². The zero-order valence-electron chi connectivity index (χ0n) is 18.7. The number of carbonyl (C=O) groups excluding carboxylic acids is 1. The van der Waals surface area contributed by atoms with E-state index in [1.54, 1.807) is 0 Å². The van der Waals surface area contributed by atoms with E-state index < -0.39 is 0 Å². The van der Waals surface area contributed by atoms with E-state index in [4.69, 9.17) is 4.74 Å². The van der Waals surface area contributed by atoms with Crippen LogP contribution in [0.25, 0.3) is 0 Å². The van der Waals surface area contributed by atoms with Crippen molar-refractivity contribution in [3.63, 3.8) is 0 Å². The third-order valence-electron chi connectivity index (χ3n) is 6.28. The van der Waals surface area contributed by atoms with E-state index in [-0.39, 0.29) is 11.8 Å². The highest BCUT2D eigenvalue weighted by molar-refractivity contribution is 5.78. The molecule has 2 aliphatic heterocycles. The molecular weight excluding hydrogens is 392 g/mol. The van der Waals surface area contributed by atoms with Gasteiger partial charge < -0.3 is 19.5 Å². The second-order valence-electron chi connectivity index (χ2n) is 8.57. The molecular formula is C23H34N6O2. The summed E-state index contributed by atoms with van der Waals surface area (Å²) in [5, 5.41) is 11.9. The van der Waals surface area contributed by atoms with Crippen LogP contribution >= 0.6 is 0 Å². The number of para-hydroxylation sites is 1. The topological polar surface area (TPSA) is 75.5 Å². The van der Waals surface area contributed by atoms with Crippen molar-refractivity contribution >= 4 is 5.91 Å². The highest BCUT2D eigenvalue weighted by Crippen LogP contribution is 2.21. The minimum Gasteiger partial charge on any atom is -0.494 e. The smallest absolute Gasteiger partial charge is 0.224 e. The first-order valence-corrected chi connectivity index (χ1v) is 11.4. The van der Waals surface area contributed by atoms with Gasteiger partial charge in [-0.2, -0.15) is 0 Å². The summed E-state index contributed by atoms with van der Waals surface area (Å²) >= 11 is 0. The van der Waals surface area contributed by atoms with E-state index in [9.17, 15) is 4.79 Å². The third-order valence-corrected chi connectivity index (χ3v) is 6.28. The number of likely N-dealkylation sites (tertiary alicyclic amines) is 1. The van der Waals surface area contributed by atoms with Crippen molar-refractivity contribution < 1.29 is 9.53 Å². The quantitative estimate of drug-likeness (QED) is 0.726. The summed E-state index contributed by atoms with van der Waals surface area (Å²) in [6.07, 6.45) is 2.90. The van der Waals surface area contributed by atoms with Gasteiger partial charge in [0.2, 0.25) is 5.91 Å². The maximum absolute atomic E-state index is 12.6. The molecule has 0 saturated carbocycles. The number of piperidine rings is 1. The molecule has 8 nitrogen and oxygen atoms in total. The Labute approximate surface area is 184 Å². The number of benzene rings is 1. The molecule has 168 valence electrons. The molecule has 31 heavy (non-hydrogen) atoms. The summed E-state index contributed by atoms with van der Waals surface area (Å²) in [4.78, 5) is 17.3. The number of hydrogen-bond acceptors (Lipinski definition) is 6. The van der Waals surface area contributed by atoms with Gasteiger partial charge in [-0.1, -0.05) is 18.2 Å². The highest BCUT2D eigenvalue weighted by atomic mass is 16.5. The lowest BCUT2D eigenvalue weighted by Crippen LogP contribution is -2.41. The van der Waals surface area contributed by atoms with Gasteiger partial charge in [0.15, 0.2) is 5.82 Å². The molecule has 1 saturated heterocycles. The van der Waals surface area contributed by atoms with Crippen molar-refractivity contribution in [1.82, 2.24) is 29.9 Å². The molecule has 0 spiro atoms. The maximum atomic E-state index is 12.6.